The van der Waals surface area contributed by atoms with Gasteiger partial charge in [-0.25, -0.2) is 0 Å². The van der Waals surface area contributed by atoms with Crippen LogP contribution >= 0.6 is 0 Å². The average molecular weight is 447 g/mol. The topological polar surface area (TPSA) is 89.9 Å². The number of carbonyl (C=O) groups is 3. The van der Waals surface area contributed by atoms with Gasteiger partial charge in [-0.3, -0.25) is 14.4 Å². The second-order valence-corrected chi connectivity index (χ2v) is 10.5. The van der Waals surface area contributed by atoms with Crippen LogP contribution in [0, 0.1) is 29.1 Å². The number of rotatable bonds is 4. The fourth-order valence-electron chi connectivity index (χ4n) is 5.93. The Bertz CT molecular complexity index is 839. The summed E-state index contributed by atoms with van der Waals surface area (Å²) in [6.45, 7) is 15.6. The summed E-state index contributed by atoms with van der Waals surface area (Å²) in [7, 11) is 0. The van der Waals surface area contributed by atoms with Crippen molar-refractivity contribution in [3.8, 4) is 0 Å². The summed E-state index contributed by atoms with van der Waals surface area (Å²) in [6, 6.07) is 0. The van der Waals surface area contributed by atoms with Gasteiger partial charge in [0.1, 0.15) is 17.8 Å². The largest absolute Gasteiger partial charge is 0.461 e. The van der Waals surface area contributed by atoms with Crippen LogP contribution < -0.4 is 0 Å². The highest BCUT2D eigenvalue weighted by atomic mass is 16.6. The number of ketones is 1. The molecule has 2 fully saturated rings. The molecule has 0 bridgehead atoms. The van der Waals surface area contributed by atoms with E-state index < -0.39 is 35.7 Å². The number of esters is 2. The lowest BCUT2D eigenvalue weighted by Gasteiger charge is -2.37. The molecular formula is C26H38O6. The fourth-order valence-corrected chi connectivity index (χ4v) is 5.93. The molecule has 3 aliphatic rings. The van der Waals surface area contributed by atoms with Crippen LogP contribution in [0.25, 0.3) is 0 Å². The monoisotopic (exact) mass is 446 g/mol. The van der Waals surface area contributed by atoms with Crippen molar-refractivity contribution in [3.05, 3.63) is 23.8 Å². The first kappa shape index (κ1) is 24.7. The smallest absolute Gasteiger partial charge is 0.306 e. The first-order chi connectivity index (χ1) is 14.9. The van der Waals surface area contributed by atoms with Crippen LogP contribution in [0.1, 0.15) is 73.6 Å². The van der Waals surface area contributed by atoms with Gasteiger partial charge in [-0.1, -0.05) is 47.3 Å². The molecule has 0 spiro atoms. The van der Waals surface area contributed by atoms with Crippen molar-refractivity contribution in [1.29, 1.82) is 0 Å². The van der Waals surface area contributed by atoms with Gasteiger partial charge in [0, 0.05) is 12.8 Å². The molecule has 6 heteroatoms. The first-order valence-corrected chi connectivity index (χ1v) is 11.9. The SMILES string of the molecule is C=C1CC[C@H]2[C@@H](/C=C(\C)C(=O)[C@@]3(O)C[C@H](C)[C@H](OC(=O)CC)[C@@H]3[C@H]1OC(=O)CC)C2(C)C. The molecule has 0 radical (unpaired) electrons. The molecule has 0 unspecified atom stereocenters. The van der Waals surface area contributed by atoms with Gasteiger partial charge in [-0.05, 0) is 60.5 Å². The number of fused-ring (bicyclic) bond motifs is 2. The van der Waals surface area contributed by atoms with Crippen molar-refractivity contribution in [3.63, 3.8) is 0 Å². The number of carbonyl (C=O) groups excluding carboxylic acids is 3. The van der Waals surface area contributed by atoms with E-state index in [0.29, 0.717) is 23.5 Å². The lowest BCUT2D eigenvalue weighted by atomic mass is 9.77. The normalized spacial score (nSPS) is 40.3. The standard InChI is InChI=1S/C26H38O6/c1-8-19(27)31-22-14(3)10-11-17-18(25(17,6)7)12-15(4)24(29)26(30)13-16(5)23(21(22)26)32-20(28)9-2/h12,16-18,21-23,30H,3,8-11,13H2,1-2,4-7H3/b15-12+/t16-,17-,18+,21-,22-,23-,26+/m0/s1. The number of Topliss-reactive ketones (excluding diaryl/α,β-unsaturated/α-hetero) is 1. The Labute approximate surface area is 191 Å². The maximum atomic E-state index is 13.7. The Morgan fingerprint density at radius 2 is 1.78 bits per heavy atom. The first-order valence-electron chi connectivity index (χ1n) is 11.9. The molecule has 0 aromatic heterocycles. The molecule has 32 heavy (non-hydrogen) atoms. The summed E-state index contributed by atoms with van der Waals surface area (Å²) in [5.41, 5.74) is -0.559. The number of hydrogen-bond donors (Lipinski definition) is 1. The van der Waals surface area contributed by atoms with Crippen LogP contribution in [-0.2, 0) is 23.9 Å². The molecule has 0 heterocycles. The Morgan fingerprint density at radius 1 is 1.19 bits per heavy atom. The van der Waals surface area contributed by atoms with E-state index in [9.17, 15) is 19.5 Å². The summed E-state index contributed by atoms with van der Waals surface area (Å²) >= 11 is 0. The predicted octanol–water partition coefficient (Wildman–Crippen LogP) is 4.15. The number of hydrogen-bond acceptors (Lipinski definition) is 6. The number of ether oxygens (including phenoxy) is 2. The van der Waals surface area contributed by atoms with Crippen LogP contribution in [0.15, 0.2) is 23.8 Å². The molecule has 178 valence electrons. The third-order valence-electron chi connectivity index (χ3n) is 8.03. The molecule has 0 amide bonds. The molecule has 0 aromatic carbocycles. The van der Waals surface area contributed by atoms with Gasteiger partial charge >= 0.3 is 11.9 Å². The Morgan fingerprint density at radius 3 is 2.38 bits per heavy atom. The Kier molecular flexibility index (Phi) is 6.77. The third kappa shape index (κ3) is 4.18. The maximum absolute atomic E-state index is 13.7. The number of aliphatic hydroxyl groups is 1. The highest BCUT2D eigenvalue weighted by Crippen LogP contribution is 2.62. The second kappa shape index (κ2) is 8.77. The van der Waals surface area contributed by atoms with Crippen molar-refractivity contribution in [1.82, 2.24) is 0 Å². The van der Waals surface area contributed by atoms with Gasteiger partial charge in [0.2, 0.25) is 0 Å². The zero-order chi connectivity index (χ0) is 24.0. The summed E-state index contributed by atoms with van der Waals surface area (Å²) in [4.78, 5) is 38.3. The Hall–Kier alpha value is -1.95. The summed E-state index contributed by atoms with van der Waals surface area (Å²) in [6.07, 6.45) is 2.30. The average Bonchev–Trinajstić information content (AvgIpc) is 3.14. The van der Waals surface area contributed by atoms with Gasteiger partial charge in [0.05, 0.1) is 5.92 Å². The van der Waals surface area contributed by atoms with Gasteiger partial charge in [-0.15, -0.1) is 0 Å². The summed E-state index contributed by atoms with van der Waals surface area (Å²) in [5, 5.41) is 11.9. The van der Waals surface area contributed by atoms with Crippen molar-refractivity contribution >= 4 is 17.7 Å². The van der Waals surface area contributed by atoms with Crippen molar-refractivity contribution < 1.29 is 29.0 Å². The molecular weight excluding hydrogens is 408 g/mol. The van der Waals surface area contributed by atoms with Gasteiger partial charge in [0.15, 0.2) is 5.78 Å². The van der Waals surface area contributed by atoms with Crippen LogP contribution in [-0.4, -0.2) is 40.6 Å². The molecule has 6 nitrogen and oxygen atoms in total. The predicted molar refractivity (Wildman–Crippen MR) is 120 cm³/mol. The Balaban J connectivity index is 2.11. The minimum absolute atomic E-state index is 0.0702. The van der Waals surface area contributed by atoms with Crippen LogP contribution in [0.2, 0.25) is 0 Å². The van der Waals surface area contributed by atoms with Crippen LogP contribution in [0.3, 0.4) is 0 Å². The van der Waals surface area contributed by atoms with E-state index in [2.05, 4.69) is 20.4 Å². The number of allylic oxidation sites excluding steroid dienone is 1. The molecule has 2 saturated carbocycles. The zero-order valence-electron chi connectivity index (χ0n) is 20.3. The molecule has 3 rings (SSSR count). The maximum Gasteiger partial charge on any atom is 0.306 e. The summed E-state index contributed by atoms with van der Waals surface area (Å²) in [5.74, 6) is -1.74. The van der Waals surface area contributed by atoms with E-state index in [0.717, 1.165) is 6.42 Å². The van der Waals surface area contributed by atoms with E-state index in [-0.39, 0.29) is 42.3 Å². The van der Waals surface area contributed by atoms with Crippen molar-refractivity contribution in [2.24, 2.45) is 29.1 Å². The van der Waals surface area contributed by atoms with Crippen molar-refractivity contribution in [2.75, 3.05) is 0 Å². The van der Waals surface area contributed by atoms with Gasteiger partial charge in [-0.2, -0.15) is 0 Å². The minimum atomic E-state index is -1.81. The van der Waals surface area contributed by atoms with Gasteiger partial charge < -0.3 is 14.6 Å². The van der Waals surface area contributed by atoms with Crippen molar-refractivity contribution in [2.45, 2.75) is 91.5 Å². The molecule has 0 aromatic rings. The van der Waals surface area contributed by atoms with E-state index in [1.54, 1.807) is 20.8 Å². The molecule has 0 saturated heterocycles. The lowest BCUT2D eigenvalue weighted by Crippen LogP contribution is -2.52. The van der Waals surface area contributed by atoms with E-state index >= 15 is 0 Å². The highest BCUT2D eigenvalue weighted by molar-refractivity contribution is 6.02. The molecule has 3 aliphatic carbocycles. The molecule has 1 N–H and O–H groups in total. The van der Waals surface area contributed by atoms with E-state index in [4.69, 9.17) is 9.47 Å². The minimum Gasteiger partial charge on any atom is -0.461 e. The van der Waals surface area contributed by atoms with Crippen LogP contribution in [0.4, 0.5) is 0 Å². The molecule has 0 aliphatic heterocycles. The highest BCUT2D eigenvalue weighted by Gasteiger charge is 2.62. The third-order valence-corrected chi connectivity index (χ3v) is 8.03. The zero-order valence-corrected chi connectivity index (χ0v) is 20.3. The van der Waals surface area contributed by atoms with E-state index in [1.807, 2.05) is 13.0 Å². The fraction of sp³-hybridized carbons (Fsp3) is 0.731. The van der Waals surface area contributed by atoms with E-state index in [1.165, 1.54) is 0 Å². The van der Waals surface area contributed by atoms with Crippen LogP contribution in [0.5, 0.6) is 0 Å². The summed E-state index contributed by atoms with van der Waals surface area (Å²) < 4.78 is 11.6. The molecule has 7 atom stereocenters. The lowest BCUT2D eigenvalue weighted by molar-refractivity contribution is -0.170. The second-order valence-electron chi connectivity index (χ2n) is 10.5. The quantitative estimate of drug-likeness (QED) is 0.515. The van der Waals surface area contributed by atoms with Gasteiger partial charge in [0.25, 0.3) is 0 Å².